The average Bonchev–Trinajstić information content (AvgIpc) is 2.42. The summed E-state index contributed by atoms with van der Waals surface area (Å²) in [5.41, 5.74) is 6.14. The Kier molecular flexibility index (Phi) is 5.30. The monoisotopic (exact) mass is 381 g/mol. The molecule has 0 bridgehead atoms. The van der Waals surface area contributed by atoms with Crippen molar-refractivity contribution in [1.82, 2.24) is 4.31 Å². The average molecular weight is 383 g/mol. The summed E-state index contributed by atoms with van der Waals surface area (Å²) < 4.78 is 29.5. The Hall–Kier alpha value is -0.340. The van der Waals surface area contributed by atoms with Gasteiger partial charge in [-0.3, -0.25) is 4.72 Å². The Bertz CT molecular complexity index is 582. The first-order valence-corrected chi connectivity index (χ1v) is 9.00. The Balaban J connectivity index is 2.19. The number of halogens is 2. The van der Waals surface area contributed by atoms with E-state index in [1.54, 1.807) is 18.2 Å². The van der Waals surface area contributed by atoms with Gasteiger partial charge in [-0.1, -0.05) is 18.0 Å². The molecule has 0 saturated carbocycles. The van der Waals surface area contributed by atoms with Gasteiger partial charge in [0.2, 0.25) is 0 Å². The maximum atomic E-state index is 12.4. The molecule has 1 saturated heterocycles. The highest BCUT2D eigenvalue weighted by Crippen LogP contribution is 2.27. The topological polar surface area (TPSA) is 75.4 Å². The van der Waals surface area contributed by atoms with Gasteiger partial charge in [-0.15, -0.1) is 0 Å². The Labute approximate surface area is 132 Å². The number of rotatable bonds is 4. The molecule has 5 nitrogen and oxygen atoms in total. The van der Waals surface area contributed by atoms with E-state index < -0.39 is 10.2 Å². The van der Waals surface area contributed by atoms with Crippen LogP contribution in [-0.4, -0.2) is 31.9 Å². The lowest BCUT2D eigenvalue weighted by atomic mass is 10.1. The first kappa shape index (κ1) is 16.0. The zero-order valence-electron chi connectivity index (χ0n) is 10.9. The van der Waals surface area contributed by atoms with Crippen molar-refractivity contribution < 1.29 is 8.42 Å². The van der Waals surface area contributed by atoms with Gasteiger partial charge in [0.25, 0.3) is 0 Å². The standard InChI is InChI=1S/C12H17BrClN3O2S/c13-11-7-9(4-5-12(11)14)16-20(18,19)17-6-2-1-3-10(17)8-15/h4-5,7,10,16H,1-3,6,8,15H2. The van der Waals surface area contributed by atoms with E-state index in [0.29, 0.717) is 28.3 Å². The molecule has 1 unspecified atom stereocenters. The van der Waals surface area contributed by atoms with Crippen LogP contribution in [0.3, 0.4) is 0 Å². The van der Waals surface area contributed by atoms with Crippen LogP contribution < -0.4 is 10.5 Å². The molecule has 1 aliphatic rings. The quantitative estimate of drug-likeness (QED) is 0.840. The molecular formula is C12H17BrClN3O2S. The molecule has 1 fully saturated rings. The van der Waals surface area contributed by atoms with Crippen LogP contribution in [0.1, 0.15) is 19.3 Å². The SMILES string of the molecule is NCC1CCCCN1S(=O)(=O)Nc1ccc(Cl)c(Br)c1. The number of piperidine rings is 1. The molecule has 20 heavy (non-hydrogen) atoms. The van der Waals surface area contributed by atoms with Crippen LogP contribution in [0.5, 0.6) is 0 Å². The van der Waals surface area contributed by atoms with Crippen molar-refractivity contribution in [1.29, 1.82) is 0 Å². The van der Waals surface area contributed by atoms with E-state index in [2.05, 4.69) is 20.7 Å². The van der Waals surface area contributed by atoms with Gasteiger partial charge in [-0.05, 0) is 47.0 Å². The van der Waals surface area contributed by atoms with Crippen molar-refractivity contribution in [3.8, 4) is 0 Å². The molecule has 8 heteroatoms. The fourth-order valence-corrected chi connectivity index (χ4v) is 4.29. The second-order valence-electron chi connectivity index (χ2n) is 4.73. The third kappa shape index (κ3) is 3.65. The molecule has 0 aliphatic carbocycles. The third-order valence-electron chi connectivity index (χ3n) is 3.32. The van der Waals surface area contributed by atoms with Gasteiger partial charge in [0, 0.05) is 23.6 Å². The van der Waals surface area contributed by atoms with E-state index in [-0.39, 0.29) is 6.04 Å². The highest BCUT2D eigenvalue weighted by Gasteiger charge is 2.31. The third-order valence-corrected chi connectivity index (χ3v) is 6.13. The van der Waals surface area contributed by atoms with Crippen LogP contribution >= 0.6 is 27.5 Å². The van der Waals surface area contributed by atoms with Crippen molar-refractivity contribution in [2.75, 3.05) is 17.8 Å². The lowest BCUT2D eigenvalue weighted by molar-refractivity contribution is 0.259. The summed E-state index contributed by atoms with van der Waals surface area (Å²) in [7, 11) is -3.59. The van der Waals surface area contributed by atoms with Crippen LogP contribution in [-0.2, 0) is 10.2 Å². The zero-order chi connectivity index (χ0) is 14.8. The van der Waals surface area contributed by atoms with Gasteiger partial charge in [0.05, 0.1) is 10.7 Å². The molecule has 1 aliphatic heterocycles. The lowest BCUT2D eigenvalue weighted by Gasteiger charge is -2.33. The van der Waals surface area contributed by atoms with Crippen molar-refractivity contribution in [2.24, 2.45) is 5.73 Å². The van der Waals surface area contributed by atoms with Crippen LogP contribution in [0.4, 0.5) is 5.69 Å². The minimum Gasteiger partial charge on any atom is -0.329 e. The van der Waals surface area contributed by atoms with Crippen molar-refractivity contribution >= 4 is 43.4 Å². The minimum absolute atomic E-state index is 0.128. The number of hydrogen-bond donors (Lipinski definition) is 2. The van der Waals surface area contributed by atoms with Crippen LogP contribution in [0.2, 0.25) is 5.02 Å². The van der Waals surface area contributed by atoms with Crippen LogP contribution in [0.15, 0.2) is 22.7 Å². The van der Waals surface area contributed by atoms with Crippen molar-refractivity contribution in [3.05, 3.63) is 27.7 Å². The summed E-state index contributed by atoms with van der Waals surface area (Å²) in [6.45, 7) is 0.844. The van der Waals surface area contributed by atoms with Gasteiger partial charge in [0.1, 0.15) is 0 Å². The fraction of sp³-hybridized carbons (Fsp3) is 0.500. The van der Waals surface area contributed by atoms with E-state index in [9.17, 15) is 8.42 Å². The summed E-state index contributed by atoms with van der Waals surface area (Å²) in [6.07, 6.45) is 2.68. The fourth-order valence-electron chi connectivity index (χ4n) is 2.29. The maximum Gasteiger partial charge on any atom is 0.301 e. The molecule has 112 valence electrons. The maximum absolute atomic E-state index is 12.4. The van der Waals surface area contributed by atoms with E-state index in [4.69, 9.17) is 17.3 Å². The lowest BCUT2D eigenvalue weighted by Crippen LogP contribution is -2.49. The summed E-state index contributed by atoms with van der Waals surface area (Å²) in [6, 6.07) is 4.78. The number of nitrogens with zero attached hydrogens (tertiary/aromatic N) is 1. The van der Waals surface area contributed by atoms with Crippen molar-refractivity contribution in [2.45, 2.75) is 25.3 Å². The molecule has 1 atom stereocenters. The van der Waals surface area contributed by atoms with Gasteiger partial charge in [0.15, 0.2) is 0 Å². The minimum atomic E-state index is -3.59. The number of anilines is 1. The summed E-state index contributed by atoms with van der Waals surface area (Å²) >= 11 is 9.17. The normalized spacial score (nSPS) is 20.9. The van der Waals surface area contributed by atoms with Crippen molar-refractivity contribution in [3.63, 3.8) is 0 Å². The summed E-state index contributed by atoms with van der Waals surface area (Å²) in [4.78, 5) is 0. The molecule has 2 rings (SSSR count). The second kappa shape index (κ2) is 6.62. The number of nitrogens with two attached hydrogens (primary N) is 1. The molecule has 3 N–H and O–H groups in total. The predicted molar refractivity (Wildman–Crippen MR) is 85.1 cm³/mol. The van der Waals surface area contributed by atoms with Gasteiger partial charge in [-0.2, -0.15) is 12.7 Å². The largest absolute Gasteiger partial charge is 0.329 e. The van der Waals surface area contributed by atoms with Crippen LogP contribution in [0, 0.1) is 0 Å². The van der Waals surface area contributed by atoms with Gasteiger partial charge < -0.3 is 5.73 Å². The van der Waals surface area contributed by atoms with E-state index in [0.717, 1.165) is 19.3 Å². The molecule has 0 radical (unpaired) electrons. The Morgan fingerprint density at radius 3 is 2.85 bits per heavy atom. The molecule has 1 aromatic carbocycles. The van der Waals surface area contributed by atoms with Crippen LogP contribution in [0.25, 0.3) is 0 Å². The Morgan fingerprint density at radius 2 is 2.20 bits per heavy atom. The summed E-state index contributed by atoms with van der Waals surface area (Å²) in [5.74, 6) is 0. The van der Waals surface area contributed by atoms with E-state index in [1.807, 2.05) is 0 Å². The molecule has 0 aromatic heterocycles. The second-order valence-corrected chi connectivity index (χ2v) is 7.62. The van der Waals surface area contributed by atoms with Gasteiger partial charge in [-0.25, -0.2) is 0 Å². The first-order chi connectivity index (χ1) is 9.44. The molecule has 1 aromatic rings. The number of hydrogen-bond acceptors (Lipinski definition) is 3. The number of nitrogens with one attached hydrogen (secondary N) is 1. The highest BCUT2D eigenvalue weighted by atomic mass is 79.9. The number of benzene rings is 1. The van der Waals surface area contributed by atoms with E-state index in [1.165, 1.54) is 4.31 Å². The zero-order valence-corrected chi connectivity index (χ0v) is 14.0. The van der Waals surface area contributed by atoms with Gasteiger partial charge >= 0.3 is 10.2 Å². The summed E-state index contributed by atoms with van der Waals surface area (Å²) in [5, 5.41) is 0.533. The molecule has 1 heterocycles. The Morgan fingerprint density at radius 1 is 1.45 bits per heavy atom. The molecule has 0 amide bonds. The smallest absolute Gasteiger partial charge is 0.301 e. The van der Waals surface area contributed by atoms with E-state index >= 15 is 0 Å². The predicted octanol–water partition coefficient (Wildman–Crippen LogP) is 2.57. The molecule has 0 spiro atoms. The first-order valence-electron chi connectivity index (χ1n) is 6.39. The molecular weight excluding hydrogens is 366 g/mol. The highest BCUT2D eigenvalue weighted by molar-refractivity contribution is 9.10.